The van der Waals surface area contributed by atoms with Crippen molar-refractivity contribution in [1.29, 1.82) is 0 Å². The van der Waals surface area contributed by atoms with Gasteiger partial charge in [-0.05, 0) is 30.7 Å². The zero-order valence-corrected chi connectivity index (χ0v) is 14.4. The Labute approximate surface area is 144 Å². The number of nitrogens with zero attached hydrogens (tertiary/aromatic N) is 1. The van der Waals surface area contributed by atoms with Gasteiger partial charge in [0.25, 0.3) is 5.91 Å². The molecule has 5 heteroatoms. The predicted molar refractivity (Wildman–Crippen MR) is 99.8 cm³/mol. The molecule has 0 bridgehead atoms. The van der Waals surface area contributed by atoms with Crippen LogP contribution in [0.25, 0.3) is 6.08 Å². The molecule has 1 aliphatic heterocycles. The molecule has 23 heavy (non-hydrogen) atoms. The van der Waals surface area contributed by atoms with Gasteiger partial charge in [-0.25, -0.2) is 0 Å². The van der Waals surface area contributed by atoms with Gasteiger partial charge in [-0.2, -0.15) is 0 Å². The number of thiocarbonyl (C=S) groups is 1. The number of methoxy groups -OCH3 is 1. The normalized spacial score (nSPS) is 16.3. The summed E-state index contributed by atoms with van der Waals surface area (Å²) in [5.41, 5.74) is 2.90. The van der Waals surface area contributed by atoms with Crippen molar-refractivity contribution in [2.45, 2.75) is 6.92 Å². The number of thioether (sulfide) groups is 1. The van der Waals surface area contributed by atoms with E-state index < -0.39 is 0 Å². The van der Waals surface area contributed by atoms with Crippen LogP contribution in [-0.4, -0.2) is 17.3 Å². The van der Waals surface area contributed by atoms with Gasteiger partial charge in [0, 0.05) is 6.07 Å². The number of aryl methyl sites for hydroxylation is 1. The summed E-state index contributed by atoms with van der Waals surface area (Å²) in [4.78, 5) is 14.9. The minimum atomic E-state index is -0.103. The average molecular weight is 341 g/mol. The Bertz CT molecular complexity index is 797. The van der Waals surface area contributed by atoms with Crippen molar-refractivity contribution in [3.63, 3.8) is 0 Å². The minimum Gasteiger partial charge on any atom is -0.497 e. The largest absolute Gasteiger partial charge is 0.497 e. The molecule has 0 N–H and O–H groups in total. The molecule has 0 radical (unpaired) electrons. The zero-order chi connectivity index (χ0) is 16.4. The maximum atomic E-state index is 12.7. The summed E-state index contributed by atoms with van der Waals surface area (Å²) < 4.78 is 5.75. The lowest BCUT2D eigenvalue weighted by molar-refractivity contribution is -0.113. The average Bonchev–Trinajstić information content (AvgIpc) is 2.83. The third kappa shape index (κ3) is 3.30. The van der Waals surface area contributed by atoms with Crippen LogP contribution in [0.5, 0.6) is 5.75 Å². The standard InChI is InChI=1S/C18H15NO2S2/c1-12-6-8-13(9-7-12)10-16-17(20)19(18(22)23-16)14-4-3-5-15(11-14)21-2/h3-11H,1-2H3/b16-10-. The van der Waals surface area contributed by atoms with Gasteiger partial charge >= 0.3 is 0 Å². The van der Waals surface area contributed by atoms with Crippen LogP contribution in [0.1, 0.15) is 11.1 Å². The van der Waals surface area contributed by atoms with E-state index in [-0.39, 0.29) is 5.91 Å². The molecular weight excluding hydrogens is 326 g/mol. The third-order valence-electron chi connectivity index (χ3n) is 3.48. The number of benzene rings is 2. The molecule has 116 valence electrons. The van der Waals surface area contributed by atoms with E-state index in [4.69, 9.17) is 17.0 Å². The van der Waals surface area contributed by atoms with Gasteiger partial charge < -0.3 is 4.74 Å². The Morgan fingerprint density at radius 1 is 1.17 bits per heavy atom. The van der Waals surface area contributed by atoms with Crippen LogP contribution in [-0.2, 0) is 4.79 Å². The maximum Gasteiger partial charge on any atom is 0.270 e. The van der Waals surface area contributed by atoms with Crippen LogP contribution in [0.4, 0.5) is 5.69 Å². The number of hydrogen-bond acceptors (Lipinski definition) is 4. The summed E-state index contributed by atoms with van der Waals surface area (Å²) in [6.07, 6.45) is 1.87. The van der Waals surface area contributed by atoms with Crippen LogP contribution in [0.3, 0.4) is 0 Å². The van der Waals surface area contributed by atoms with Gasteiger partial charge in [-0.3, -0.25) is 9.69 Å². The highest BCUT2D eigenvalue weighted by Crippen LogP contribution is 2.36. The molecule has 1 amide bonds. The molecule has 0 aromatic heterocycles. The molecule has 1 saturated heterocycles. The quantitative estimate of drug-likeness (QED) is 0.611. The molecule has 2 aromatic rings. The van der Waals surface area contributed by atoms with Crippen molar-refractivity contribution in [2.24, 2.45) is 0 Å². The van der Waals surface area contributed by atoms with Crippen molar-refractivity contribution in [3.05, 3.63) is 64.6 Å². The molecule has 0 spiro atoms. The SMILES string of the molecule is COc1cccc(N2C(=O)/C(=C/c3ccc(C)cc3)SC2=S)c1. The van der Waals surface area contributed by atoms with Gasteiger partial charge in [-0.1, -0.05) is 59.9 Å². The van der Waals surface area contributed by atoms with Crippen LogP contribution >= 0.6 is 24.0 Å². The molecular formula is C18H15NO2S2. The lowest BCUT2D eigenvalue weighted by Crippen LogP contribution is -2.27. The zero-order valence-electron chi connectivity index (χ0n) is 12.8. The monoisotopic (exact) mass is 341 g/mol. The van der Waals surface area contributed by atoms with Gasteiger partial charge in [0.2, 0.25) is 0 Å². The Balaban J connectivity index is 1.91. The summed E-state index contributed by atoms with van der Waals surface area (Å²) in [6, 6.07) is 15.4. The molecule has 1 fully saturated rings. The summed E-state index contributed by atoms with van der Waals surface area (Å²) in [7, 11) is 1.60. The number of carbonyl (C=O) groups excluding carboxylic acids is 1. The highest BCUT2D eigenvalue weighted by atomic mass is 32.2. The first kappa shape index (κ1) is 15.8. The van der Waals surface area contributed by atoms with Crippen LogP contribution < -0.4 is 9.64 Å². The molecule has 1 aliphatic rings. The van der Waals surface area contributed by atoms with E-state index in [1.54, 1.807) is 18.1 Å². The van der Waals surface area contributed by atoms with Crippen molar-refractivity contribution >= 4 is 46.0 Å². The fraction of sp³-hybridized carbons (Fsp3) is 0.111. The van der Waals surface area contributed by atoms with E-state index >= 15 is 0 Å². The van der Waals surface area contributed by atoms with Crippen molar-refractivity contribution in [1.82, 2.24) is 0 Å². The summed E-state index contributed by atoms with van der Waals surface area (Å²) in [6.45, 7) is 2.03. The molecule has 0 aliphatic carbocycles. The van der Waals surface area contributed by atoms with Crippen LogP contribution in [0.2, 0.25) is 0 Å². The second-order valence-electron chi connectivity index (χ2n) is 5.13. The van der Waals surface area contributed by atoms with Gasteiger partial charge in [0.15, 0.2) is 4.32 Å². The van der Waals surface area contributed by atoms with E-state index in [1.807, 2.05) is 55.5 Å². The molecule has 0 atom stereocenters. The van der Waals surface area contributed by atoms with E-state index in [0.717, 1.165) is 11.3 Å². The van der Waals surface area contributed by atoms with Crippen LogP contribution in [0, 0.1) is 6.92 Å². The lowest BCUT2D eigenvalue weighted by Gasteiger charge is -2.15. The summed E-state index contributed by atoms with van der Waals surface area (Å²) in [5, 5.41) is 0. The second-order valence-corrected chi connectivity index (χ2v) is 6.81. The molecule has 0 unspecified atom stereocenters. The predicted octanol–water partition coefficient (Wildman–Crippen LogP) is 4.41. The van der Waals surface area contributed by atoms with E-state index in [9.17, 15) is 4.79 Å². The fourth-order valence-electron chi connectivity index (χ4n) is 2.25. The number of carbonyl (C=O) groups is 1. The van der Waals surface area contributed by atoms with Crippen molar-refractivity contribution in [3.8, 4) is 5.75 Å². The summed E-state index contributed by atoms with van der Waals surface area (Å²) >= 11 is 6.70. The number of ether oxygens (including phenoxy) is 1. The highest BCUT2D eigenvalue weighted by molar-refractivity contribution is 8.27. The molecule has 3 nitrogen and oxygen atoms in total. The first-order valence-corrected chi connectivity index (χ1v) is 8.29. The Morgan fingerprint density at radius 3 is 2.61 bits per heavy atom. The Morgan fingerprint density at radius 2 is 1.91 bits per heavy atom. The lowest BCUT2D eigenvalue weighted by atomic mass is 10.1. The van der Waals surface area contributed by atoms with Crippen molar-refractivity contribution in [2.75, 3.05) is 12.0 Å². The number of hydrogen-bond donors (Lipinski definition) is 0. The second kappa shape index (κ2) is 6.56. The molecule has 1 heterocycles. The smallest absolute Gasteiger partial charge is 0.270 e. The maximum absolute atomic E-state index is 12.7. The van der Waals surface area contributed by atoms with Gasteiger partial charge in [0.1, 0.15) is 5.75 Å². The number of amides is 1. The van der Waals surface area contributed by atoms with Gasteiger partial charge in [-0.15, -0.1) is 0 Å². The molecule has 3 rings (SSSR count). The first-order chi connectivity index (χ1) is 11.1. The number of anilines is 1. The van der Waals surface area contributed by atoms with E-state index in [0.29, 0.717) is 15.0 Å². The Kier molecular flexibility index (Phi) is 4.50. The third-order valence-corrected chi connectivity index (χ3v) is 4.78. The molecule has 0 saturated carbocycles. The van der Waals surface area contributed by atoms with E-state index in [1.165, 1.54) is 17.3 Å². The Hall–Kier alpha value is -2.11. The molecule has 2 aromatic carbocycles. The summed E-state index contributed by atoms with van der Waals surface area (Å²) in [5.74, 6) is 0.591. The fourth-order valence-corrected chi connectivity index (χ4v) is 3.55. The minimum absolute atomic E-state index is 0.103. The topological polar surface area (TPSA) is 29.5 Å². The van der Waals surface area contributed by atoms with E-state index in [2.05, 4.69) is 0 Å². The van der Waals surface area contributed by atoms with Crippen LogP contribution in [0.15, 0.2) is 53.4 Å². The van der Waals surface area contributed by atoms with Gasteiger partial charge in [0.05, 0.1) is 17.7 Å². The highest BCUT2D eigenvalue weighted by Gasteiger charge is 2.33. The first-order valence-electron chi connectivity index (χ1n) is 7.07. The number of rotatable bonds is 3. The van der Waals surface area contributed by atoms with Crippen molar-refractivity contribution < 1.29 is 9.53 Å².